The molecule has 2 aromatic carbocycles. The molecule has 1 saturated carbocycles. The molecule has 1 fully saturated rings. The second-order valence-corrected chi connectivity index (χ2v) is 9.84. The SMILES string of the molecule is CO[C@]12C=C[C@H](CC1)[C@H]1C(=O)c3ccccc3C(=O)[C@]12S(=O)c1ccc(C)cc1. The Hall–Kier alpha value is -2.37. The first kappa shape index (κ1) is 18.6. The monoisotopic (exact) mass is 406 g/mol. The number of ketones is 2. The molecule has 0 spiro atoms. The number of ether oxygens (including phenoxy) is 1. The maximum Gasteiger partial charge on any atom is 0.186 e. The number of hydrogen-bond donors (Lipinski definition) is 0. The number of benzene rings is 2. The van der Waals surface area contributed by atoms with Gasteiger partial charge in [0.2, 0.25) is 0 Å². The van der Waals surface area contributed by atoms with Gasteiger partial charge in [-0.3, -0.25) is 13.8 Å². The molecule has 4 aliphatic carbocycles. The van der Waals surface area contributed by atoms with Crippen molar-refractivity contribution in [3.8, 4) is 0 Å². The largest absolute Gasteiger partial charge is 0.372 e. The Bertz CT molecular complexity index is 1090. The van der Waals surface area contributed by atoms with Gasteiger partial charge in [0.1, 0.15) is 5.60 Å². The van der Waals surface area contributed by atoms with Gasteiger partial charge in [0.25, 0.3) is 0 Å². The fraction of sp³-hybridized carbons (Fsp3) is 0.333. The molecule has 0 saturated heterocycles. The van der Waals surface area contributed by atoms with Crippen LogP contribution in [0.4, 0.5) is 0 Å². The van der Waals surface area contributed by atoms with E-state index in [1.165, 1.54) is 0 Å². The van der Waals surface area contributed by atoms with Crippen molar-refractivity contribution in [1.82, 2.24) is 0 Å². The second kappa shape index (κ2) is 6.31. The van der Waals surface area contributed by atoms with Crippen LogP contribution in [0, 0.1) is 18.8 Å². The zero-order valence-electron chi connectivity index (χ0n) is 16.4. The Morgan fingerprint density at radius 1 is 1.03 bits per heavy atom. The van der Waals surface area contributed by atoms with E-state index in [4.69, 9.17) is 4.74 Å². The first-order valence-corrected chi connectivity index (χ1v) is 11.0. The molecule has 148 valence electrons. The van der Waals surface area contributed by atoms with Crippen LogP contribution in [0.2, 0.25) is 0 Å². The third kappa shape index (κ3) is 2.20. The molecule has 5 atom stereocenters. The minimum absolute atomic E-state index is 0.101. The zero-order chi connectivity index (χ0) is 20.4. The van der Waals surface area contributed by atoms with E-state index < -0.39 is 27.1 Å². The van der Waals surface area contributed by atoms with E-state index in [9.17, 15) is 13.8 Å². The highest BCUT2D eigenvalue weighted by atomic mass is 32.2. The molecular weight excluding hydrogens is 384 g/mol. The van der Waals surface area contributed by atoms with Crippen LogP contribution >= 0.6 is 0 Å². The van der Waals surface area contributed by atoms with E-state index in [0.29, 0.717) is 22.4 Å². The predicted molar refractivity (Wildman–Crippen MR) is 111 cm³/mol. The number of carbonyl (C=O) groups excluding carboxylic acids is 2. The van der Waals surface area contributed by atoms with Crippen LogP contribution in [0.3, 0.4) is 0 Å². The van der Waals surface area contributed by atoms with Crippen LogP contribution < -0.4 is 0 Å². The summed E-state index contributed by atoms with van der Waals surface area (Å²) in [5.41, 5.74) is 0.767. The zero-order valence-corrected chi connectivity index (χ0v) is 17.2. The van der Waals surface area contributed by atoms with E-state index >= 15 is 0 Å². The maximum atomic E-state index is 14.2. The molecule has 4 nitrogen and oxygen atoms in total. The van der Waals surface area contributed by atoms with Crippen LogP contribution in [0.1, 0.15) is 39.1 Å². The van der Waals surface area contributed by atoms with Crippen molar-refractivity contribution in [2.24, 2.45) is 11.8 Å². The third-order valence-corrected chi connectivity index (χ3v) is 8.98. The van der Waals surface area contributed by atoms with Gasteiger partial charge in [-0.15, -0.1) is 0 Å². The van der Waals surface area contributed by atoms with Crippen molar-refractivity contribution in [3.05, 3.63) is 77.4 Å². The highest BCUT2D eigenvalue weighted by Crippen LogP contribution is 2.59. The molecule has 5 heteroatoms. The number of allylic oxidation sites excluding steroid dienone is 1. The molecule has 0 N–H and O–H groups in total. The van der Waals surface area contributed by atoms with Crippen molar-refractivity contribution in [2.75, 3.05) is 7.11 Å². The fourth-order valence-electron chi connectivity index (χ4n) is 5.49. The van der Waals surface area contributed by atoms with E-state index in [2.05, 4.69) is 0 Å². The summed E-state index contributed by atoms with van der Waals surface area (Å²) >= 11 is 0. The van der Waals surface area contributed by atoms with Crippen LogP contribution in [0.25, 0.3) is 0 Å². The molecule has 4 aliphatic rings. The van der Waals surface area contributed by atoms with Crippen LogP contribution in [-0.4, -0.2) is 33.2 Å². The lowest BCUT2D eigenvalue weighted by atomic mass is 9.53. The lowest BCUT2D eigenvalue weighted by Crippen LogP contribution is -2.74. The highest BCUT2D eigenvalue weighted by Gasteiger charge is 2.73. The fourth-order valence-corrected chi connectivity index (χ4v) is 7.61. The number of methoxy groups -OCH3 is 1. The van der Waals surface area contributed by atoms with Crippen molar-refractivity contribution in [3.63, 3.8) is 0 Å². The number of hydrogen-bond acceptors (Lipinski definition) is 4. The molecule has 0 amide bonds. The Morgan fingerprint density at radius 3 is 2.34 bits per heavy atom. The summed E-state index contributed by atoms with van der Waals surface area (Å²) in [6.45, 7) is 1.96. The number of carbonyl (C=O) groups is 2. The van der Waals surface area contributed by atoms with E-state index in [1.807, 2.05) is 31.2 Å². The van der Waals surface area contributed by atoms with E-state index in [-0.39, 0.29) is 17.5 Å². The molecule has 2 bridgehead atoms. The second-order valence-electron chi connectivity index (χ2n) is 8.19. The normalized spacial score (nSPS) is 33.3. The predicted octanol–water partition coefficient (Wildman–Crippen LogP) is 3.90. The van der Waals surface area contributed by atoms with Gasteiger partial charge in [0.05, 0.1) is 16.7 Å². The first-order valence-electron chi connectivity index (χ1n) is 9.87. The summed E-state index contributed by atoms with van der Waals surface area (Å²) in [5.74, 6) is -1.15. The van der Waals surface area contributed by atoms with Crippen molar-refractivity contribution < 1.29 is 18.5 Å². The van der Waals surface area contributed by atoms with Crippen molar-refractivity contribution in [1.29, 1.82) is 0 Å². The van der Waals surface area contributed by atoms with E-state index in [0.717, 1.165) is 12.0 Å². The van der Waals surface area contributed by atoms with Crippen LogP contribution in [0.5, 0.6) is 0 Å². The number of aryl methyl sites for hydroxylation is 1. The van der Waals surface area contributed by atoms with Gasteiger partial charge in [-0.2, -0.15) is 0 Å². The van der Waals surface area contributed by atoms with E-state index in [1.54, 1.807) is 43.5 Å². The first-order chi connectivity index (χ1) is 14.0. The van der Waals surface area contributed by atoms with Gasteiger partial charge in [0, 0.05) is 23.1 Å². The Labute approximate surface area is 172 Å². The Balaban J connectivity index is 1.83. The highest BCUT2D eigenvalue weighted by molar-refractivity contribution is 7.87. The average Bonchev–Trinajstić information content (AvgIpc) is 2.77. The molecule has 0 heterocycles. The lowest BCUT2D eigenvalue weighted by Gasteiger charge is -2.59. The number of rotatable bonds is 3. The average molecular weight is 407 g/mol. The summed E-state index contributed by atoms with van der Waals surface area (Å²) in [6.07, 6.45) is 5.19. The van der Waals surface area contributed by atoms with Crippen LogP contribution in [0.15, 0.2) is 65.6 Å². The minimum atomic E-state index is -1.76. The lowest BCUT2D eigenvalue weighted by molar-refractivity contribution is -0.0557. The third-order valence-electron chi connectivity index (χ3n) is 6.91. The molecule has 29 heavy (non-hydrogen) atoms. The summed E-state index contributed by atoms with van der Waals surface area (Å²) < 4.78 is 18.7. The van der Waals surface area contributed by atoms with Crippen molar-refractivity contribution >= 4 is 22.4 Å². The molecule has 0 aromatic heterocycles. The van der Waals surface area contributed by atoms with Gasteiger partial charge in [-0.05, 0) is 37.8 Å². The Kier molecular flexibility index (Phi) is 4.06. The maximum absolute atomic E-state index is 14.2. The smallest absolute Gasteiger partial charge is 0.186 e. The van der Waals surface area contributed by atoms with Gasteiger partial charge >= 0.3 is 0 Å². The molecular formula is C24H22O4S. The quantitative estimate of drug-likeness (QED) is 0.726. The summed E-state index contributed by atoms with van der Waals surface area (Å²) in [7, 11) is -0.204. The topological polar surface area (TPSA) is 60.4 Å². The molecule has 2 aromatic rings. The standard InChI is InChI=1S/C24H22O4S/c1-15-7-9-17(10-8-15)29(27)24-20(16-11-13-23(24,28-2)14-12-16)21(25)18-5-3-4-6-19(18)22(24)26/h3-11,13,16,20H,12,14H2,1-2H3/t16-,20+,23-,24-,29?/m1/s1. The summed E-state index contributed by atoms with van der Waals surface area (Å²) in [4.78, 5) is 28.3. The minimum Gasteiger partial charge on any atom is -0.372 e. The van der Waals surface area contributed by atoms with Crippen molar-refractivity contribution in [2.45, 2.75) is 35.0 Å². The summed E-state index contributed by atoms with van der Waals surface area (Å²) in [5, 5.41) is 0. The molecule has 0 radical (unpaired) electrons. The van der Waals surface area contributed by atoms with Crippen LogP contribution in [-0.2, 0) is 15.5 Å². The molecule has 1 unspecified atom stereocenters. The molecule has 6 rings (SSSR count). The number of Topliss-reactive ketones (excluding diaryl/α,β-unsaturated/α-hetero) is 2. The van der Waals surface area contributed by atoms with Gasteiger partial charge in [-0.1, -0.05) is 54.1 Å². The molecule has 0 aliphatic heterocycles. The van der Waals surface area contributed by atoms with Gasteiger partial charge in [0.15, 0.2) is 16.3 Å². The Morgan fingerprint density at radius 2 is 1.72 bits per heavy atom. The number of fused-ring (bicyclic) bond motifs is 2. The summed E-state index contributed by atoms with van der Waals surface area (Å²) in [6, 6.07) is 14.3. The van der Waals surface area contributed by atoms with Gasteiger partial charge < -0.3 is 4.74 Å². The van der Waals surface area contributed by atoms with Gasteiger partial charge in [-0.25, -0.2) is 0 Å².